The molecule has 16 nitrogen and oxygen atoms in total. The number of ether oxygens (including phenoxy) is 4. The van der Waals surface area contributed by atoms with E-state index in [4.69, 9.17) is 24.7 Å². The van der Waals surface area contributed by atoms with Crippen molar-refractivity contribution >= 4 is 73.0 Å². The van der Waals surface area contributed by atoms with Gasteiger partial charge in [0, 0.05) is 24.2 Å². The third kappa shape index (κ3) is 9.83. The maximum absolute atomic E-state index is 14.5. The number of aromatic nitrogens is 4. The summed E-state index contributed by atoms with van der Waals surface area (Å²) in [6.45, 7) is 12.9. The summed E-state index contributed by atoms with van der Waals surface area (Å²) >= 11 is 2.43. The Morgan fingerprint density at radius 3 is 2.34 bits per heavy atom. The number of esters is 1. The van der Waals surface area contributed by atoms with E-state index in [1.165, 1.54) is 22.7 Å². The second-order valence-electron chi connectivity index (χ2n) is 16.3. The molecule has 0 atom stereocenters. The normalized spacial score (nSPS) is 12.4. The van der Waals surface area contributed by atoms with Crippen molar-refractivity contribution in [2.24, 2.45) is 0 Å². The van der Waals surface area contributed by atoms with E-state index in [2.05, 4.69) is 26.9 Å². The van der Waals surface area contributed by atoms with Gasteiger partial charge in [0.2, 0.25) is 5.13 Å². The molecule has 7 rings (SSSR count). The fourth-order valence-electron chi connectivity index (χ4n) is 6.58. The second-order valence-corrected chi connectivity index (χ2v) is 18.3. The lowest BCUT2D eigenvalue weighted by molar-refractivity contribution is 0.0509. The summed E-state index contributed by atoms with van der Waals surface area (Å²) in [4.78, 5) is 66.8. The largest absolute Gasteiger partial charge is 0.481 e. The van der Waals surface area contributed by atoms with Crippen molar-refractivity contribution in [3.8, 4) is 34.9 Å². The number of nitriles is 1. The zero-order chi connectivity index (χ0) is 45.9. The molecule has 328 valence electrons. The van der Waals surface area contributed by atoms with E-state index in [1.54, 1.807) is 84.9 Å². The summed E-state index contributed by atoms with van der Waals surface area (Å²) in [5.41, 5.74) is 7.83. The predicted octanol–water partition coefficient (Wildman–Crippen LogP) is 8.61. The second kappa shape index (κ2) is 18.2. The van der Waals surface area contributed by atoms with Crippen molar-refractivity contribution in [2.75, 3.05) is 35.3 Å². The Labute approximate surface area is 377 Å². The monoisotopic (exact) mass is 900 g/mol. The molecule has 0 spiro atoms. The third-order valence-corrected chi connectivity index (χ3v) is 11.4. The van der Waals surface area contributed by atoms with Gasteiger partial charge in [-0.1, -0.05) is 52.9 Å². The minimum absolute atomic E-state index is 0.0276. The molecular weight excluding hydrogens is 857 g/mol. The molecule has 0 saturated heterocycles. The Hall–Kier alpha value is -7.28. The zero-order valence-corrected chi connectivity index (χ0v) is 37.8. The van der Waals surface area contributed by atoms with Crippen LogP contribution in [0.15, 0.2) is 66.7 Å². The molecule has 18 heteroatoms. The average molecular weight is 901 g/mol. The van der Waals surface area contributed by atoms with Crippen LogP contribution in [0.4, 0.5) is 25.7 Å². The van der Waals surface area contributed by atoms with E-state index in [0.29, 0.717) is 50.9 Å². The highest BCUT2D eigenvalue weighted by atomic mass is 32.1. The molecule has 0 fully saturated rings. The fraction of sp³-hybridized carbons (Fsp3) is 0.304. The molecule has 3 aromatic carbocycles. The van der Waals surface area contributed by atoms with Gasteiger partial charge in [-0.15, -0.1) is 4.68 Å². The SMILES string of the molecule is CCOC(=O)c1nc(N2CCc3cccc(C(=O)N(C(=O)OC(C)(C)C)c4nc5ccccc5s4)c3C2)sc1C#CCOc1ccc(-c2nn(C(=O)OC(C)(C)C)c(N)c2C#N)cc1. The molecule has 1 aliphatic rings. The lowest BCUT2D eigenvalue weighted by Crippen LogP contribution is -2.42. The van der Waals surface area contributed by atoms with Gasteiger partial charge in [-0.3, -0.25) is 4.79 Å². The van der Waals surface area contributed by atoms with E-state index in [1.807, 2.05) is 41.3 Å². The van der Waals surface area contributed by atoms with Crippen LogP contribution in [0.5, 0.6) is 5.75 Å². The summed E-state index contributed by atoms with van der Waals surface area (Å²) in [6, 6.07) is 21.5. The van der Waals surface area contributed by atoms with E-state index >= 15 is 0 Å². The molecule has 2 amide bonds. The number of nitrogens with two attached hydrogens (primary N) is 1. The Morgan fingerprint density at radius 2 is 1.66 bits per heavy atom. The standard InChI is InChI=1S/C46H44N8O8S2/c1-8-59-40(56)37-35(17-12-24-60-29-20-18-28(19-21-29)36-31(25-47)38(48)54(51-36)44(58)62-46(5,6)7)64-41(50-37)52-23-22-27-13-11-14-30(32(27)26-52)39(55)53(43(57)61-45(2,3)4)42-49-33-15-9-10-16-34(33)63-42/h9-11,13-16,18-21H,8,22-24,26,48H2,1-7H3. The van der Waals surface area contributed by atoms with Crippen LogP contribution < -0.4 is 20.3 Å². The number of nitrogen functional groups attached to an aromatic ring is 1. The molecule has 4 heterocycles. The first-order valence-corrected chi connectivity index (χ1v) is 21.8. The lowest BCUT2D eigenvalue weighted by Gasteiger charge is -2.31. The highest BCUT2D eigenvalue weighted by molar-refractivity contribution is 7.22. The number of benzene rings is 3. The van der Waals surface area contributed by atoms with E-state index in [-0.39, 0.29) is 47.7 Å². The van der Waals surface area contributed by atoms with Crippen LogP contribution in [0.2, 0.25) is 0 Å². The van der Waals surface area contributed by atoms with Crippen LogP contribution in [0, 0.1) is 23.2 Å². The number of amides is 2. The number of carbonyl (C=O) groups excluding carboxylic acids is 4. The number of fused-ring (bicyclic) bond motifs is 2. The summed E-state index contributed by atoms with van der Waals surface area (Å²) in [5.74, 6) is 5.10. The van der Waals surface area contributed by atoms with Crippen LogP contribution in [-0.4, -0.2) is 74.8 Å². The van der Waals surface area contributed by atoms with Crippen molar-refractivity contribution in [3.05, 3.63) is 99.6 Å². The van der Waals surface area contributed by atoms with E-state index < -0.39 is 35.3 Å². The minimum atomic E-state index is -0.877. The number of hydrogen-bond acceptors (Lipinski definition) is 16. The summed E-state index contributed by atoms with van der Waals surface area (Å²) in [5, 5.41) is 14.7. The number of rotatable bonds is 8. The first-order chi connectivity index (χ1) is 30.4. The van der Waals surface area contributed by atoms with Gasteiger partial charge in [-0.25, -0.2) is 24.4 Å². The summed E-state index contributed by atoms with van der Waals surface area (Å²) < 4.78 is 24.0. The number of hydrogen-bond donors (Lipinski definition) is 1. The van der Waals surface area contributed by atoms with Crippen molar-refractivity contribution in [3.63, 3.8) is 0 Å². The Kier molecular flexibility index (Phi) is 12.7. The van der Waals surface area contributed by atoms with Gasteiger partial charge in [0.05, 0.1) is 16.8 Å². The number of anilines is 3. The zero-order valence-electron chi connectivity index (χ0n) is 36.2. The van der Waals surface area contributed by atoms with Crippen LogP contribution in [0.1, 0.15) is 90.9 Å². The van der Waals surface area contributed by atoms with Crippen molar-refractivity contribution < 1.29 is 38.1 Å². The molecule has 3 aromatic heterocycles. The molecule has 0 unspecified atom stereocenters. The Morgan fingerprint density at radius 1 is 0.922 bits per heavy atom. The van der Waals surface area contributed by atoms with Crippen molar-refractivity contribution in [1.29, 1.82) is 5.26 Å². The summed E-state index contributed by atoms with van der Waals surface area (Å²) in [6.07, 6.45) is -1.09. The molecule has 1 aliphatic heterocycles. The fourth-order valence-corrected chi connectivity index (χ4v) is 8.48. The quantitative estimate of drug-likeness (QED) is 0.0863. The van der Waals surface area contributed by atoms with Gasteiger partial charge in [0.15, 0.2) is 16.6 Å². The first kappa shape index (κ1) is 44.8. The first-order valence-electron chi connectivity index (χ1n) is 20.2. The molecule has 0 aliphatic carbocycles. The van der Waals surface area contributed by atoms with Crippen LogP contribution in [0.25, 0.3) is 21.5 Å². The van der Waals surface area contributed by atoms with Gasteiger partial charge in [-0.05, 0) is 114 Å². The Balaban J connectivity index is 1.10. The van der Waals surface area contributed by atoms with Gasteiger partial charge in [-0.2, -0.15) is 15.3 Å². The van der Waals surface area contributed by atoms with Gasteiger partial charge >= 0.3 is 18.2 Å². The van der Waals surface area contributed by atoms with Crippen LogP contribution >= 0.6 is 22.7 Å². The molecular formula is C46H44N8O8S2. The molecule has 0 bridgehead atoms. The average Bonchev–Trinajstić information content (AvgIpc) is 3.96. The highest BCUT2D eigenvalue weighted by Gasteiger charge is 2.35. The van der Waals surface area contributed by atoms with E-state index in [9.17, 15) is 24.4 Å². The number of thiazole rings is 2. The number of imide groups is 1. The van der Waals surface area contributed by atoms with Crippen molar-refractivity contribution in [1.82, 2.24) is 19.7 Å². The van der Waals surface area contributed by atoms with Gasteiger partial charge in [0.1, 0.15) is 45.8 Å². The molecule has 64 heavy (non-hydrogen) atoms. The maximum atomic E-state index is 14.5. The predicted molar refractivity (Wildman–Crippen MR) is 243 cm³/mol. The Bertz CT molecular complexity index is 2850. The van der Waals surface area contributed by atoms with Gasteiger partial charge < -0.3 is 29.6 Å². The highest BCUT2D eigenvalue weighted by Crippen LogP contribution is 2.35. The van der Waals surface area contributed by atoms with Crippen LogP contribution in [0.3, 0.4) is 0 Å². The number of nitrogens with zero attached hydrogens (tertiary/aromatic N) is 7. The molecule has 6 aromatic rings. The minimum Gasteiger partial charge on any atom is -0.481 e. The van der Waals surface area contributed by atoms with Gasteiger partial charge in [0.25, 0.3) is 5.91 Å². The van der Waals surface area contributed by atoms with Crippen LogP contribution in [-0.2, 0) is 27.2 Å². The smallest absolute Gasteiger partial charge is 0.437 e. The molecule has 2 N–H and O–H groups in total. The van der Waals surface area contributed by atoms with E-state index in [0.717, 1.165) is 19.8 Å². The maximum Gasteiger partial charge on any atom is 0.437 e. The van der Waals surface area contributed by atoms with Crippen molar-refractivity contribution in [2.45, 2.75) is 72.6 Å². The number of carbonyl (C=O) groups is 4. The number of para-hydroxylation sites is 1. The molecule has 0 radical (unpaired) electrons. The topological polar surface area (TPSA) is 205 Å². The summed E-state index contributed by atoms with van der Waals surface area (Å²) in [7, 11) is 0. The molecule has 0 saturated carbocycles. The third-order valence-electron chi connectivity index (χ3n) is 9.35. The lowest BCUT2D eigenvalue weighted by atomic mass is 9.94.